The first-order chi connectivity index (χ1) is 9.93. The third-order valence-corrected chi connectivity index (χ3v) is 5.12. The van der Waals surface area contributed by atoms with Crippen molar-refractivity contribution in [1.82, 2.24) is 0 Å². The SMILES string of the molecule is COc1cc(Br)c(Br)c(C=Nc2cc(C)ccc2C)c1O. The maximum atomic E-state index is 10.2. The van der Waals surface area contributed by atoms with Crippen LogP contribution in [0.1, 0.15) is 16.7 Å². The molecule has 110 valence electrons. The van der Waals surface area contributed by atoms with Crippen molar-refractivity contribution in [3.8, 4) is 11.5 Å². The van der Waals surface area contributed by atoms with E-state index in [0.29, 0.717) is 11.3 Å². The summed E-state index contributed by atoms with van der Waals surface area (Å²) in [5.41, 5.74) is 3.67. The molecule has 0 saturated heterocycles. The van der Waals surface area contributed by atoms with Crippen molar-refractivity contribution in [2.75, 3.05) is 7.11 Å². The van der Waals surface area contributed by atoms with Gasteiger partial charge < -0.3 is 9.84 Å². The Morgan fingerprint density at radius 2 is 1.90 bits per heavy atom. The number of ether oxygens (including phenoxy) is 1. The topological polar surface area (TPSA) is 41.8 Å². The van der Waals surface area contributed by atoms with Crippen LogP contribution in [-0.2, 0) is 0 Å². The second kappa shape index (κ2) is 6.62. The normalized spacial score (nSPS) is 11.1. The van der Waals surface area contributed by atoms with Crippen LogP contribution >= 0.6 is 31.9 Å². The number of rotatable bonds is 3. The fourth-order valence-corrected chi connectivity index (χ4v) is 2.70. The molecule has 21 heavy (non-hydrogen) atoms. The number of nitrogens with zero attached hydrogens (tertiary/aromatic N) is 1. The number of methoxy groups -OCH3 is 1. The van der Waals surface area contributed by atoms with E-state index in [0.717, 1.165) is 25.8 Å². The summed E-state index contributed by atoms with van der Waals surface area (Å²) in [6, 6.07) is 7.78. The molecule has 2 aromatic rings. The van der Waals surface area contributed by atoms with Gasteiger partial charge >= 0.3 is 0 Å². The van der Waals surface area contributed by atoms with E-state index in [2.05, 4.69) is 36.9 Å². The van der Waals surface area contributed by atoms with E-state index < -0.39 is 0 Å². The molecule has 0 spiro atoms. The van der Waals surface area contributed by atoms with Crippen LogP contribution in [0.15, 0.2) is 38.2 Å². The minimum Gasteiger partial charge on any atom is -0.504 e. The number of aromatic hydroxyl groups is 1. The van der Waals surface area contributed by atoms with Crippen LogP contribution in [0.25, 0.3) is 0 Å². The molecule has 5 heteroatoms. The number of hydrogen-bond donors (Lipinski definition) is 1. The van der Waals surface area contributed by atoms with E-state index in [4.69, 9.17) is 4.74 Å². The van der Waals surface area contributed by atoms with E-state index in [1.54, 1.807) is 12.3 Å². The molecule has 0 amide bonds. The minimum atomic E-state index is 0.0571. The van der Waals surface area contributed by atoms with Crippen molar-refractivity contribution in [3.05, 3.63) is 49.9 Å². The summed E-state index contributed by atoms with van der Waals surface area (Å²) < 4.78 is 6.68. The molecule has 0 saturated carbocycles. The maximum absolute atomic E-state index is 10.2. The Morgan fingerprint density at radius 3 is 2.57 bits per heavy atom. The van der Waals surface area contributed by atoms with Crippen LogP contribution in [0.5, 0.6) is 11.5 Å². The predicted molar refractivity (Wildman–Crippen MR) is 93.2 cm³/mol. The average Bonchev–Trinajstić information content (AvgIpc) is 2.46. The van der Waals surface area contributed by atoms with E-state index in [1.807, 2.05) is 32.0 Å². The summed E-state index contributed by atoms with van der Waals surface area (Å²) in [5, 5.41) is 10.2. The third-order valence-electron chi connectivity index (χ3n) is 3.11. The molecule has 3 nitrogen and oxygen atoms in total. The molecule has 0 aliphatic rings. The molecule has 0 bridgehead atoms. The highest BCUT2D eigenvalue weighted by molar-refractivity contribution is 9.13. The molecule has 0 aliphatic carbocycles. The lowest BCUT2D eigenvalue weighted by molar-refractivity contribution is 0.372. The first-order valence-electron chi connectivity index (χ1n) is 6.30. The zero-order valence-electron chi connectivity index (χ0n) is 11.9. The zero-order chi connectivity index (χ0) is 15.6. The Morgan fingerprint density at radius 1 is 1.19 bits per heavy atom. The van der Waals surface area contributed by atoms with Crippen molar-refractivity contribution < 1.29 is 9.84 Å². The van der Waals surface area contributed by atoms with Crippen LogP contribution in [0.4, 0.5) is 5.69 Å². The van der Waals surface area contributed by atoms with Crippen molar-refractivity contribution in [3.63, 3.8) is 0 Å². The minimum absolute atomic E-state index is 0.0571. The van der Waals surface area contributed by atoms with Gasteiger partial charge in [0.05, 0.1) is 18.4 Å². The molecule has 0 fully saturated rings. The number of aliphatic imine (C=N–C) groups is 1. The average molecular weight is 413 g/mol. The lowest BCUT2D eigenvalue weighted by atomic mass is 10.1. The highest BCUT2D eigenvalue weighted by atomic mass is 79.9. The van der Waals surface area contributed by atoms with Gasteiger partial charge in [0.1, 0.15) is 0 Å². The molecule has 1 N–H and O–H groups in total. The van der Waals surface area contributed by atoms with Crippen LogP contribution < -0.4 is 4.74 Å². The fraction of sp³-hybridized carbons (Fsp3) is 0.188. The van der Waals surface area contributed by atoms with Gasteiger partial charge in [-0.05, 0) is 69.0 Å². The van der Waals surface area contributed by atoms with Gasteiger partial charge in [-0.2, -0.15) is 0 Å². The highest BCUT2D eigenvalue weighted by Gasteiger charge is 2.14. The second-order valence-corrected chi connectivity index (χ2v) is 6.33. The molecule has 0 aromatic heterocycles. The van der Waals surface area contributed by atoms with Crippen molar-refractivity contribution in [2.24, 2.45) is 4.99 Å². The number of aryl methyl sites for hydroxylation is 2. The lowest BCUT2D eigenvalue weighted by Gasteiger charge is -2.10. The standard InChI is InChI=1S/C16H15Br2NO2/c1-9-4-5-10(2)13(6-9)19-8-11-15(18)12(17)7-14(21-3)16(11)20/h4-8,20H,1-3H3. The van der Waals surface area contributed by atoms with Crippen molar-refractivity contribution in [1.29, 1.82) is 0 Å². The smallest absolute Gasteiger partial charge is 0.167 e. The Hall–Kier alpha value is -1.33. The van der Waals surface area contributed by atoms with E-state index in [9.17, 15) is 5.11 Å². The lowest BCUT2D eigenvalue weighted by Crippen LogP contribution is -1.92. The van der Waals surface area contributed by atoms with Gasteiger partial charge in [0.25, 0.3) is 0 Å². The Bertz CT molecular complexity index is 712. The first kappa shape index (κ1) is 16.0. The molecular weight excluding hydrogens is 398 g/mol. The summed E-state index contributed by atoms with van der Waals surface area (Å²) in [6.45, 7) is 4.02. The van der Waals surface area contributed by atoms with Gasteiger partial charge in [0, 0.05) is 15.2 Å². The molecule has 0 aliphatic heterocycles. The van der Waals surface area contributed by atoms with Crippen LogP contribution in [0.2, 0.25) is 0 Å². The van der Waals surface area contributed by atoms with Gasteiger partial charge in [0.15, 0.2) is 11.5 Å². The number of halogens is 2. The largest absolute Gasteiger partial charge is 0.504 e. The zero-order valence-corrected chi connectivity index (χ0v) is 15.1. The molecule has 0 heterocycles. The molecule has 0 atom stereocenters. The van der Waals surface area contributed by atoms with Crippen LogP contribution in [-0.4, -0.2) is 18.4 Å². The van der Waals surface area contributed by atoms with Crippen LogP contribution in [0.3, 0.4) is 0 Å². The number of hydrogen-bond acceptors (Lipinski definition) is 3. The molecule has 2 rings (SSSR count). The summed E-state index contributed by atoms with van der Waals surface area (Å²) >= 11 is 6.87. The van der Waals surface area contributed by atoms with Crippen LogP contribution in [0, 0.1) is 13.8 Å². The first-order valence-corrected chi connectivity index (χ1v) is 7.89. The third kappa shape index (κ3) is 3.47. The van der Waals surface area contributed by atoms with Gasteiger partial charge in [0.2, 0.25) is 0 Å². The predicted octanol–water partition coefficient (Wildman–Crippen LogP) is 5.29. The monoisotopic (exact) mass is 411 g/mol. The second-order valence-electron chi connectivity index (χ2n) is 4.69. The van der Waals surface area contributed by atoms with Crippen molar-refractivity contribution >= 4 is 43.8 Å². The molecule has 0 radical (unpaired) electrons. The Kier molecular flexibility index (Phi) is 5.06. The van der Waals surface area contributed by atoms with Gasteiger partial charge in [-0.1, -0.05) is 12.1 Å². The molecule has 2 aromatic carbocycles. The van der Waals surface area contributed by atoms with E-state index in [1.165, 1.54) is 7.11 Å². The summed E-state index contributed by atoms with van der Waals surface area (Å²) in [5.74, 6) is 0.453. The molecular formula is C16H15Br2NO2. The summed E-state index contributed by atoms with van der Waals surface area (Å²) in [6.07, 6.45) is 1.63. The van der Waals surface area contributed by atoms with E-state index in [-0.39, 0.29) is 5.75 Å². The van der Waals surface area contributed by atoms with Gasteiger partial charge in [-0.15, -0.1) is 0 Å². The van der Waals surface area contributed by atoms with E-state index >= 15 is 0 Å². The van der Waals surface area contributed by atoms with Gasteiger partial charge in [-0.25, -0.2) is 0 Å². The maximum Gasteiger partial charge on any atom is 0.167 e. The Balaban J connectivity index is 2.50. The van der Waals surface area contributed by atoms with Crippen molar-refractivity contribution in [2.45, 2.75) is 13.8 Å². The quantitative estimate of drug-likeness (QED) is 0.695. The molecule has 0 unspecified atom stereocenters. The summed E-state index contributed by atoms with van der Waals surface area (Å²) in [4.78, 5) is 4.48. The summed E-state index contributed by atoms with van der Waals surface area (Å²) in [7, 11) is 1.51. The Labute approximate surface area is 140 Å². The highest BCUT2D eigenvalue weighted by Crippen LogP contribution is 2.39. The number of phenolic OH excluding ortho intramolecular Hbond substituents is 1. The van der Waals surface area contributed by atoms with Gasteiger partial charge in [-0.3, -0.25) is 4.99 Å². The number of phenols is 1. The fourth-order valence-electron chi connectivity index (χ4n) is 1.88. The number of benzene rings is 2.